The van der Waals surface area contributed by atoms with Crippen LogP contribution in [-0.4, -0.2) is 29.6 Å². The minimum atomic E-state index is -0.697. The lowest BCUT2D eigenvalue weighted by Gasteiger charge is -2.12. The molecule has 1 N–H and O–H groups in total. The van der Waals surface area contributed by atoms with Crippen molar-refractivity contribution < 1.29 is 14.3 Å². The molecule has 1 aromatic heterocycles. The average Bonchev–Trinajstić information content (AvgIpc) is 2.38. The number of halogens is 1. The fraction of sp³-hybridized carbons (Fsp3) is 0.417. The number of hydrogen-bond acceptors (Lipinski definition) is 4. The van der Waals surface area contributed by atoms with Crippen LogP contribution in [0.25, 0.3) is 0 Å². The molecule has 0 bridgehead atoms. The largest absolute Gasteiger partial charge is 0.467 e. The Hall–Kier alpha value is -1.63. The molecular formula is C12H15BrN2O4. The van der Waals surface area contributed by atoms with Gasteiger partial charge in [-0.3, -0.25) is 9.59 Å². The van der Waals surface area contributed by atoms with Crippen LogP contribution in [0.1, 0.15) is 13.3 Å². The molecule has 7 heteroatoms. The van der Waals surface area contributed by atoms with E-state index in [0.29, 0.717) is 0 Å². The Balaban J connectivity index is 2.53. The van der Waals surface area contributed by atoms with Gasteiger partial charge in [-0.05, 0) is 28.9 Å². The van der Waals surface area contributed by atoms with Gasteiger partial charge in [-0.1, -0.05) is 0 Å². The highest BCUT2D eigenvalue weighted by atomic mass is 79.9. The predicted molar refractivity (Wildman–Crippen MR) is 72.6 cm³/mol. The summed E-state index contributed by atoms with van der Waals surface area (Å²) < 4.78 is 6.68. The second kappa shape index (κ2) is 7.08. The van der Waals surface area contributed by atoms with Gasteiger partial charge in [0.25, 0.3) is 5.56 Å². The van der Waals surface area contributed by atoms with E-state index in [0.717, 1.165) is 4.47 Å². The van der Waals surface area contributed by atoms with Crippen molar-refractivity contribution in [3.05, 3.63) is 33.2 Å². The maximum absolute atomic E-state index is 11.6. The predicted octanol–water partition coefficient (Wildman–Crippen LogP) is 0.679. The third-order valence-corrected chi connectivity index (χ3v) is 2.93. The number of aryl methyl sites for hydroxylation is 1. The number of pyridine rings is 1. The first kappa shape index (κ1) is 15.4. The fourth-order valence-electron chi connectivity index (χ4n) is 1.45. The summed E-state index contributed by atoms with van der Waals surface area (Å²) in [7, 11) is 1.26. The van der Waals surface area contributed by atoms with Gasteiger partial charge in [-0.2, -0.15) is 0 Å². The Kier molecular flexibility index (Phi) is 5.75. The molecule has 1 atom stereocenters. The van der Waals surface area contributed by atoms with Crippen LogP contribution >= 0.6 is 15.9 Å². The van der Waals surface area contributed by atoms with E-state index in [2.05, 4.69) is 26.0 Å². The normalized spacial score (nSPS) is 11.7. The molecular weight excluding hydrogens is 316 g/mol. The molecule has 0 radical (unpaired) electrons. The quantitative estimate of drug-likeness (QED) is 0.805. The molecule has 1 rings (SSSR count). The van der Waals surface area contributed by atoms with E-state index in [1.807, 2.05) is 0 Å². The lowest BCUT2D eigenvalue weighted by Crippen LogP contribution is -2.39. The number of nitrogens with one attached hydrogen (secondary N) is 1. The number of carbonyl (C=O) groups excluding carboxylic acids is 2. The van der Waals surface area contributed by atoms with Crippen molar-refractivity contribution >= 4 is 27.8 Å². The Morgan fingerprint density at radius 1 is 1.47 bits per heavy atom. The summed E-state index contributed by atoms with van der Waals surface area (Å²) >= 11 is 3.25. The number of amides is 1. The fourth-order valence-corrected chi connectivity index (χ4v) is 1.83. The average molecular weight is 331 g/mol. The van der Waals surface area contributed by atoms with Crippen LogP contribution in [0.15, 0.2) is 27.6 Å². The van der Waals surface area contributed by atoms with Crippen LogP contribution in [0.2, 0.25) is 0 Å². The molecule has 1 aromatic rings. The van der Waals surface area contributed by atoms with Crippen LogP contribution in [0, 0.1) is 0 Å². The lowest BCUT2D eigenvalue weighted by molar-refractivity contribution is -0.144. The van der Waals surface area contributed by atoms with Gasteiger partial charge in [0.1, 0.15) is 6.04 Å². The zero-order chi connectivity index (χ0) is 14.4. The van der Waals surface area contributed by atoms with E-state index in [4.69, 9.17) is 0 Å². The highest BCUT2D eigenvalue weighted by molar-refractivity contribution is 9.10. The Morgan fingerprint density at radius 2 is 2.16 bits per heavy atom. The van der Waals surface area contributed by atoms with Gasteiger partial charge in [-0.15, -0.1) is 0 Å². The molecule has 0 saturated heterocycles. The molecule has 0 fully saturated rings. The van der Waals surface area contributed by atoms with Gasteiger partial charge in [0.15, 0.2) is 0 Å². The lowest BCUT2D eigenvalue weighted by atomic mass is 10.3. The molecule has 0 spiro atoms. The van der Waals surface area contributed by atoms with Crippen molar-refractivity contribution in [2.45, 2.75) is 25.9 Å². The van der Waals surface area contributed by atoms with E-state index in [-0.39, 0.29) is 24.4 Å². The number of esters is 1. The van der Waals surface area contributed by atoms with Crippen LogP contribution in [0.3, 0.4) is 0 Å². The first-order valence-electron chi connectivity index (χ1n) is 5.67. The molecule has 1 heterocycles. The van der Waals surface area contributed by atoms with Gasteiger partial charge < -0.3 is 14.6 Å². The van der Waals surface area contributed by atoms with E-state index >= 15 is 0 Å². The topological polar surface area (TPSA) is 77.4 Å². The zero-order valence-electron chi connectivity index (χ0n) is 10.7. The monoisotopic (exact) mass is 330 g/mol. The molecule has 0 aliphatic heterocycles. The molecule has 19 heavy (non-hydrogen) atoms. The van der Waals surface area contributed by atoms with E-state index in [9.17, 15) is 14.4 Å². The Labute approximate surface area is 118 Å². The molecule has 0 unspecified atom stereocenters. The summed E-state index contributed by atoms with van der Waals surface area (Å²) in [5.41, 5.74) is -0.183. The highest BCUT2D eigenvalue weighted by Gasteiger charge is 2.15. The summed E-state index contributed by atoms with van der Waals surface area (Å²) in [6, 6.07) is 2.36. The summed E-state index contributed by atoms with van der Waals surface area (Å²) in [5.74, 6) is -0.822. The summed E-state index contributed by atoms with van der Waals surface area (Å²) in [4.78, 5) is 34.2. The van der Waals surface area contributed by atoms with E-state index < -0.39 is 12.0 Å². The molecule has 0 aliphatic rings. The van der Waals surface area contributed by atoms with E-state index in [1.54, 1.807) is 12.3 Å². The minimum absolute atomic E-state index is 0.109. The number of ether oxygens (including phenoxy) is 1. The zero-order valence-corrected chi connectivity index (χ0v) is 12.3. The molecule has 104 valence electrons. The smallest absolute Gasteiger partial charge is 0.328 e. The maximum Gasteiger partial charge on any atom is 0.328 e. The Bertz CT molecular complexity index is 527. The maximum atomic E-state index is 11.6. The molecule has 1 amide bonds. The number of hydrogen-bond donors (Lipinski definition) is 1. The van der Waals surface area contributed by atoms with Crippen molar-refractivity contribution in [2.24, 2.45) is 0 Å². The molecule has 0 aliphatic carbocycles. The molecule has 6 nitrogen and oxygen atoms in total. The number of aromatic nitrogens is 1. The van der Waals surface area contributed by atoms with Gasteiger partial charge in [0.2, 0.25) is 5.91 Å². The van der Waals surface area contributed by atoms with Crippen LogP contribution in [-0.2, 0) is 20.9 Å². The van der Waals surface area contributed by atoms with E-state index in [1.165, 1.54) is 24.7 Å². The third-order valence-electron chi connectivity index (χ3n) is 2.46. The van der Waals surface area contributed by atoms with Gasteiger partial charge in [0, 0.05) is 29.7 Å². The highest BCUT2D eigenvalue weighted by Crippen LogP contribution is 2.05. The number of methoxy groups -OCH3 is 1. The first-order valence-corrected chi connectivity index (χ1v) is 6.46. The van der Waals surface area contributed by atoms with Gasteiger partial charge >= 0.3 is 5.97 Å². The second-order valence-corrected chi connectivity index (χ2v) is 4.86. The van der Waals surface area contributed by atoms with Crippen molar-refractivity contribution in [2.75, 3.05) is 7.11 Å². The van der Waals surface area contributed by atoms with Gasteiger partial charge in [0.05, 0.1) is 7.11 Å². The first-order chi connectivity index (χ1) is 8.93. The Morgan fingerprint density at radius 3 is 2.79 bits per heavy atom. The number of rotatable bonds is 5. The minimum Gasteiger partial charge on any atom is -0.467 e. The van der Waals surface area contributed by atoms with Gasteiger partial charge in [-0.25, -0.2) is 4.79 Å². The number of nitrogens with zero attached hydrogens (tertiary/aromatic N) is 1. The van der Waals surface area contributed by atoms with Crippen LogP contribution in [0.5, 0.6) is 0 Å². The SMILES string of the molecule is COC(=O)[C@H](C)NC(=O)CCn1cc(Br)ccc1=O. The van der Waals surface area contributed by atoms with Crippen molar-refractivity contribution in [1.82, 2.24) is 9.88 Å². The number of carbonyl (C=O) groups is 2. The summed E-state index contributed by atoms with van der Waals surface area (Å²) in [6.45, 7) is 1.78. The summed E-state index contributed by atoms with van der Waals surface area (Å²) in [5, 5.41) is 2.49. The van der Waals surface area contributed by atoms with Crippen LogP contribution < -0.4 is 10.9 Å². The van der Waals surface area contributed by atoms with Crippen molar-refractivity contribution in [3.63, 3.8) is 0 Å². The third kappa shape index (κ3) is 4.86. The molecule has 0 aromatic carbocycles. The summed E-state index contributed by atoms with van der Waals surface area (Å²) in [6.07, 6.45) is 1.72. The van der Waals surface area contributed by atoms with Crippen molar-refractivity contribution in [3.8, 4) is 0 Å². The van der Waals surface area contributed by atoms with Crippen LogP contribution in [0.4, 0.5) is 0 Å². The van der Waals surface area contributed by atoms with Crippen molar-refractivity contribution in [1.29, 1.82) is 0 Å². The molecule has 0 saturated carbocycles. The standard InChI is InChI=1S/C12H15BrN2O4/c1-8(12(18)19-2)14-10(16)5-6-15-7-9(13)3-4-11(15)17/h3-4,7-8H,5-6H2,1-2H3,(H,14,16)/t8-/m0/s1. The second-order valence-electron chi connectivity index (χ2n) is 3.94.